The van der Waals surface area contributed by atoms with Gasteiger partial charge in [0.15, 0.2) is 21.2 Å². The molecule has 52 heavy (non-hydrogen) atoms. The number of likely N-dealkylation sites (tertiary alicyclic amines) is 1. The lowest BCUT2D eigenvalue weighted by molar-refractivity contribution is -0.138. The van der Waals surface area contributed by atoms with Gasteiger partial charge in [0, 0.05) is 50.0 Å². The van der Waals surface area contributed by atoms with E-state index in [4.69, 9.17) is 37.4 Å². The van der Waals surface area contributed by atoms with Crippen molar-refractivity contribution in [2.75, 3.05) is 32.9 Å². The van der Waals surface area contributed by atoms with Crippen LogP contribution in [0.1, 0.15) is 29.6 Å². The second kappa shape index (κ2) is 13.2. The van der Waals surface area contributed by atoms with Crippen molar-refractivity contribution in [3.63, 3.8) is 0 Å². The number of imide groups is 1. The third kappa shape index (κ3) is 5.01. The number of nitrogens with zero attached hydrogens (tertiary/aromatic N) is 6. The van der Waals surface area contributed by atoms with E-state index in [1.807, 2.05) is 0 Å². The first-order valence-corrected chi connectivity index (χ1v) is 18.1. The number of amides is 2. The van der Waals surface area contributed by atoms with Gasteiger partial charge in [-0.2, -0.15) is 0 Å². The van der Waals surface area contributed by atoms with Crippen LogP contribution in [-0.4, -0.2) is 87.9 Å². The average Bonchev–Trinajstić information content (AvgIpc) is 3.47. The maximum atomic E-state index is 14.3. The topological polar surface area (TPSA) is 169 Å². The Labute approximate surface area is 313 Å². The van der Waals surface area contributed by atoms with Crippen molar-refractivity contribution < 1.29 is 28.9 Å². The van der Waals surface area contributed by atoms with Gasteiger partial charge in [0.2, 0.25) is 0 Å². The summed E-state index contributed by atoms with van der Waals surface area (Å²) in [6.07, 6.45) is 1.38. The number of aliphatic hydroxyl groups is 1. The second-order valence-electron chi connectivity index (χ2n) is 12.6. The summed E-state index contributed by atoms with van der Waals surface area (Å²) in [6, 6.07) is 9.06. The number of carbonyl (C=O) groups excluding carboxylic acids is 2. The maximum absolute atomic E-state index is 14.3. The Bertz CT molecular complexity index is 2370. The molecule has 2 fully saturated rings. The number of carbonyl (C=O) groups is 2. The minimum absolute atomic E-state index is 0.0588. The van der Waals surface area contributed by atoms with E-state index in [0.29, 0.717) is 39.4 Å². The molecule has 2 aromatic heterocycles. The predicted octanol–water partition coefficient (Wildman–Crippen LogP) is 2.03. The van der Waals surface area contributed by atoms with Crippen molar-refractivity contribution in [1.29, 1.82) is 0 Å². The van der Waals surface area contributed by atoms with Crippen molar-refractivity contribution >= 4 is 62.0 Å². The molecule has 4 unspecified atom stereocenters. The van der Waals surface area contributed by atoms with E-state index in [2.05, 4.69) is 20.9 Å². The van der Waals surface area contributed by atoms with Crippen LogP contribution in [0.4, 0.5) is 0 Å². The summed E-state index contributed by atoms with van der Waals surface area (Å²) in [5, 5.41) is 9.50. The number of ether oxygens (including phenoxy) is 3. The summed E-state index contributed by atoms with van der Waals surface area (Å²) in [7, 11) is 4.56. The molecule has 1 saturated heterocycles. The van der Waals surface area contributed by atoms with Crippen LogP contribution >= 0.6 is 39.1 Å². The summed E-state index contributed by atoms with van der Waals surface area (Å²) in [5.41, 5.74) is 0.0519. The van der Waals surface area contributed by atoms with Crippen LogP contribution < -0.4 is 31.1 Å². The number of allylic oxidation sites excluding steroid dienone is 2. The molecular weight excluding hydrogens is 787 g/mol. The molecule has 0 spiro atoms. The molecule has 0 bridgehead atoms. The van der Waals surface area contributed by atoms with Crippen molar-refractivity contribution in [2.24, 2.45) is 7.05 Å². The molecule has 4 aromatic rings. The van der Waals surface area contributed by atoms with Crippen molar-refractivity contribution in [3.8, 4) is 17.2 Å². The number of halogens is 3. The van der Waals surface area contributed by atoms with Crippen molar-refractivity contribution in [1.82, 2.24) is 28.4 Å². The van der Waals surface area contributed by atoms with Crippen LogP contribution in [0, 0.1) is 0 Å². The lowest BCUT2D eigenvalue weighted by Crippen LogP contribution is -2.59. The fourth-order valence-corrected chi connectivity index (χ4v) is 9.09. The first kappa shape index (κ1) is 36.0. The Balaban J connectivity index is 1.32. The number of para-hydroxylation sites is 1. The van der Waals surface area contributed by atoms with Gasteiger partial charge in [-0.15, -0.1) is 23.2 Å². The van der Waals surface area contributed by atoms with Gasteiger partial charge in [0.05, 0.1) is 49.9 Å². The highest BCUT2D eigenvalue weighted by molar-refractivity contribution is 9.09. The summed E-state index contributed by atoms with van der Waals surface area (Å²) in [4.78, 5) is 70.9. The van der Waals surface area contributed by atoms with E-state index in [0.717, 1.165) is 9.47 Å². The van der Waals surface area contributed by atoms with E-state index >= 15 is 0 Å². The molecular formula is C34H33BrCl2N6O9. The highest BCUT2D eigenvalue weighted by atomic mass is 79.9. The molecule has 4 heterocycles. The molecule has 274 valence electrons. The van der Waals surface area contributed by atoms with Gasteiger partial charge in [0.1, 0.15) is 18.1 Å². The number of aliphatic hydroxyl groups excluding tert-OH is 1. The summed E-state index contributed by atoms with van der Waals surface area (Å²) in [6.45, 7) is -0.599. The Kier molecular flexibility index (Phi) is 9.16. The van der Waals surface area contributed by atoms with Crippen LogP contribution in [-0.2, 0) is 36.1 Å². The molecule has 1 N–H and O–H groups in total. The normalized spacial score (nSPS) is 23.7. The highest BCUT2D eigenvalue weighted by Gasteiger charge is 2.75. The summed E-state index contributed by atoms with van der Waals surface area (Å²) in [5.74, 6) is -1.41. The standard InChI is InChI=1S/C34H33BrCl2N6O9/c1-39-22-15-26(51-3)25(50-2)14-21(22)38-20(28(39)45)9-10-40-31(48)42-11-8-18-23(43(42)32(40)49)16-33(36)29(46)41(17-35)30(47)34(33,37)27(18)19-6-4-5-7-24(19)52-13-12-44/h4-8,14-15,23,27,44H,9-13,16-17H2,1-3H3. The minimum atomic E-state index is -2.04. The van der Waals surface area contributed by atoms with Gasteiger partial charge in [-0.05, 0) is 11.6 Å². The Hall–Kier alpha value is -4.38. The quantitative estimate of drug-likeness (QED) is 0.108. The lowest BCUT2D eigenvalue weighted by Gasteiger charge is -2.49. The molecule has 1 aliphatic carbocycles. The number of alkyl halides is 3. The molecule has 15 nitrogen and oxygen atoms in total. The molecule has 2 amide bonds. The van der Waals surface area contributed by atoms with Gasteiger partial charge in [0.25, 0.3) is 17.4 Å². The van der Waals surface area contributed by atoms with Crippen LogP contribution in [0.5, 0.6) is 17.2 Å². The minimum Gasteiger partial charge on any atom is -0.493 e. The van der Waals surface area contributed by atoms with Gasteiger partial charge < -0.3 is 23.9 Å². The first-order valence-electron chi connectivity index (χ1n) is 16.2. The number of hydrogen-bond donors (Lipinski definition) is 1. The van der Waals surface area contributed by atoms with Crippen LogP contribution in [0.25, 0.3) is 11.0 Å². The van der Waals surface area contributed by atoms with E-state index < -0.39 is 50.5 Å². The zero-order chi connectivity index (χ0) is 37.3. The van der Waals surface area contributed by atoms with Crippen molar-refractivity contribution in [3.05, 3.63) is 90.6 Å². The Morgan fingerprint density at radius 2 is 1.71 bits per heavy atom. The van der Waals surface area contributed by atoms with Gasteiger partial charge >= 0.3 is 11.4 Å². The van der Waals surface area contributed by atoms with Gasteiger partial charge in [-0.25, -0.2) is 28.5 Å². The first-order chi connectivity index (χ1) is 24.9. The van der Waals surface area contributed by atoms with Crippen LogP contribution in [0.2, 0.25) is 0 Å². The molecule has 2 aromatic carbocycles. The molecule has 18 heteroatoms. The fourth-order valence-electron chi connectivity index (χ4n) is 7.70. The Morgan fingerprint density at radius 3 is 2.40 bits per heavy atom. The smallest absolute Gasteiger partial charge is 0.347 e. The molecule has 2 aliphatic heterocycles. The number of hydrogen-bond acceptors (Lipinski definition) is 10. The number of fused-ring (bicyclic) bond motifs is 5. The van der Waals surface area contributed by atoms with Gasteiger partial charge in [-0.1, -0.05) is 40.2 Å². The van der Waals surface area contributed by atoms with Crippen LogP contribution in [0.3, 0.4) is 0 Å². The van der Waals surface area contributed by atoms with Crippen LogP contribution in [0.15, 0.2) is 62.4 Å². The SMILES string of the molecule is COc1cc2nc(CCn3c(=O)n4n(c3=O)C3CC5(Cl)C(=O)N(CBr)C(=O)C5(Cl)C(c5ccccc5OCCO)C3=CC4)c(=O)n(C)c2cc1OC. The van der Waals surface area contributed by atoms with E-state index in [1.165, 1.54) is 28.2 Å². The lowest BCUT2D eigenvalue weighted by atomic mass is 9.64. The number of rotatable bonds is 10. The molecule has 3 aliphatic rings. The van der Waals surface area contributed by atoms with Gasteiger partial charge in [-0.3, -0.25) is 19.3 Å². The number of methoxy groups -OCH3 is 2. The Morgan fingerprint density at radius 1 is 1.00 bits per heavy atom. The number of aromatic nitrogens is 5. The molecule has 7 rings (SSSR count). The van der Waals surface area contributed by atoms with E-state index in [9.17, 15) is 29.1 Å². The summed E-state index contributed by atoms with van der Waals surface area (Å²) < 4.78 is 21.5. The third-order valence-corrected chi connectivity index (χ3v) is 12.1. The maximum Gasteiger partial charge on any atom is 0.347 e. The summed E-state index contributed by atoms with van der Waals surface area (Å²) >= 11 is 17.8. The third-order valence-electron chi connectivity index (χ3n) is 10.2. The number of aryl methyl sites for hydroxylation is 2. The molecule has 1 saturated carbocycles. The van der Waals surface area contributed by atoms with E-state index in [1.54, 1.807) is 49.5 Å². The zero-order valence-corrected chi connectivity index (χ0v) is 31.3. The van der Waals surface area contributed by atoms with E-state index in [-0.39, 0.29) is 50.3 Å². The zero-order valence-electron chi connectivity index (χ0n) is 28.2. The molecule has 0 radical (unpaired) electrons. The number of benzene rings is 2. The monoisotopic (exact) mass is 818 g/mol. The molecule has 4 atom stereocenters. The largest absolute Gasteiger partial charge is 0.493 e. The van der Waals surface area contributed by atoms with Crippen molar-refractivity contribution in [2.45, 2.75) is 47.6 Å². The predicted molar refractivity (Wildman–Crippen MR) is 193 cm³/mol. The second-order valence-corrected chi connectivity index (χ2v) is 14.4. The highest BCUT2D eigenvalue weighted by Crippen LogP contribution is 2.64. The average molecular weight is 820 g/mol. The fraction of sp³-hybridized carbons (Fsp3) is 0.412.